The smallest absolute Gasteiger partial charge is 0.262 e. The summed E-state index contributed by atoms with van der Waals surface area (Å²) in [6.07, 6.45) is 1.89. The molecule has 0 saturated carbocycles. The van der Waals surface area contributed by atoms with Crippen LogP contribution in [0.15, 0.2) is 41.3 Å². The number of anilines is 1. The zero-order chi connectivity index (χ0) is 22.6. The summed E-state index contributed by atoms with van der Waals surface area (Å²) in [7, 11) is -2.35. The lowest BCUT2D eigenvalue weighted by atomic mass is 10.0. The summed E-state index contributed by atoms with van der Waals surface area (Å²) >= 11 is 0. The molecule has 2 N–H and O–H groups in total. The highest BCUT2D eigenvalue weighted by molar-refractivity contribution is 7.92. The number of aryl methyl sites for hydroxylation is 1. The Kier molecular flexibility index (Phi) is 7.23. The predicted molar refractivity (Wildman–Crippen MR) is 120 cm³/mol. The topological polar surface area (TPSA) is 93.7 Å². The summed E-state index contributed by atoms with van der Waals surface area (Å²) < 4.78 is 40.0. The number of ether oxygens (including phenoxy) is 2. The third-order valence-electron chi connectivity index (χ3n) is 5.37. The first-order valence-corrected chi connectivity index (χ1v) is 11.9. The van der Waals surface area contributed by atoms with E-state index >= 15 is 0 Å². The molecule has 1 fully saturated rings. The van der Waals surface area contributed by atoms with E-state index in [1.54, 1.807) is 50.4 Å². The fourth-order valence-corrected chi connectivity index (χ4v) is 5.01. The van der Waals surface area contributed by atoms with Gasteiger partial charge in [0.05, 0.1) is 29.4 Å². The summed E-state index contributed by atoms with van der Waals surface area (Å²) in [6.45, 7) is 6.78. The van der Waals surface area contributed by atoms with Gasteiger partial charge in [-0.1, -0.05) is 26.0 Å². The molecule has 2 aromatic rings. The molecule has 1 amide bonds. The number of amides is 1. The lowest BCUT2D eigenvalue weighted by molar-refractivity contribution is 0.0858. The Labute approximate surface area is 184 Å². The highest BCUT2D eigenvalue weighted by atomic mass is 32.2. The maximum absolute atomic E-state index is 13.2. The van der Waals surface area contributed by atoms with Crippen LogP contribution in [0.4, 0.5) is 5.69 Å². The van der Waals surface area contributed by atoms with E-state index in [4.69, 9.17) is 9.47 Å². The second-order valence-corrected chi connectivity index (χ2v) is 9.66. The number of methoxy groups -OCH3 is 1. The fourth-order valence-electron chi connectivity index (χ4n) is 3.67. The molecule has 0 spiro atoms. The van der Waals surface area contributed by atoms with Gasteiger partial charge in [0, 0.05) is 13.2 Å². The van der Waals surface area contributed by atoms with Crippen LogP contribution >= 0.6 is 0 Å². The number of nitrogens with one attached hydrogen (secondary N) is 2. The van der Waals surface area contributed by atoms with Gasteiger partial charge in [-0.05, 0) is 61.1 Å². The molecule has 1 atom stereocenters. The molecule has 31 heavy (non-hydrogen) atoms. The van der Waals surface area contributed by atoms with Crippen LogP contribution in [0, 0.1) is 6.92 Å². The molecule has 168 valence electrons. The molecule has 1 aliphatic heterocycles. The molecule has 0 unspecified atom stereocenters. The van der Waals surface area contributed by atoms with Crippen molar-refractivity contribution in [3.05, 3.63) is 53.1 Å². The maximum Gasteiger partial charge on any atom is 0.262 e. The van der Waals surface area contributed by atoms with Crippen molar-refractivity contribution in [3.63, 3.8) is 0 Å². The first kappa shape index (κ1) is 23.1. The SMILES string of the molecule is COc1cc(C)c(S(=O)(=O)Nc2ccccc2C(=O)NC[C@H]2CCCO2)cc1C(C)C. The molecular formula is C23H30N2O5S. The van der Waals surface area contributed by atoms with Crippen molar-refractivity contribution in [1.82, 2.24) is 5.32 Å². The van der Waals surface area contributed by atoms with Crippen molar-refractivity contribution >= 4 is 21.6 Å². The van der Waals surface area contributed by atoms with Crippen molar-refractivity contribution < 1.29 is 22.7 Å². The molecule has 1 saturated heterocycles. The third-order valence-corrected chi connectivity index (χ3v) is 6.88. The van der Waals surface area contributed by atoms with Crippen molar-refractivity contribution in [2.75, 3.05) is 25.0 Å². The Morgan fingerprint density at radius 1 is 1.26 bits per heavy atom. The number of para-hydroxylation sites is 1. The van der Waals surface area contributed by atoms with E-state index in [1.807, 2.05) is 13.8 Å². The number of hydrogen-bond acceptors (Lipinski definition) is 5. The number of sulfonamides is 1. The van der Waals surface area contributed by atoms with Crippen molar-refractivity contribution in [3.8, 4) is 5.75 Å². The second kappa shape index (κ2) is 9.70. The van der Waals surface area contributed by atoms with Crippen LogP contribution in [0.2, 0.25) is 0 Å². The summed E-state index contributed by atoms with van der Waals surface area (Å²) in [6, 6.07) is 9.94. The largest absolute Gasteiger partial charge is 0.496 e. The summed E-state index contributed by atoms with van der Waals surface area (Å²) in [5.41, 5.74) is 1.86. The Morgan fingerprint density at radius 2 is 2.00 bits per heavy atom. The van der Waals surface area contributed by atoms with Gasteiger partial charge < -0.3 is 14.8 Å². The van der Waals surface area contributed by atoms with Crippen molar-refractivity contribution in [1.29, 1.82) is 0 Å². The van der Waals surface area contributed by atoms with Gasteiger partial charge in [-0.3, -0.25) is 9.52 Å². The first-order valence-electron chi connectivity index (χ1n) is 10.4. The van der Waals surface area contributed by atoms with E-state index in [1.165, 1.54) is 0 Å². The maximum atomic E-state index is 13.2. The first-order chi connectivity index (χ1) is 14.7. The molecular weight excluding hydrogens is 416 g/mol. The van der Waals surface area contributed by atoms with Crippen LogP contribution in [-0.2, 0) is 14.8 Å². The molecule has 0 aromatic heterocycles. The van der Waals surface area contributed by atoms with Gasteiger partial charge in [0.1, 0.15) is 5.75 Å². The lowest BCUT2D eigenvalue weighted by Crippen LogP contribution is -2.32. The minimum absolute atomic E-state index is 0.00390. The molecule has 1 aliphatic rings. The predicted octanol–water partition coefficient (Wildman–Crippen LogP) is 3.84. The molecule has 2 aromatic carbocycles. The van der Waals surface area contributed by atoms with Crippen LogP contribution in [-0.4, -0.2) is 40.7 Å². The van der Waals surface area contributed by atoms with Crippen LogP contribution < -0.4 is 14.8 Å². The molecule has 0 bridgehead atoms. The number of carbonyl (C=O) groups is 1. The Balaban J connectivity index is 1.87. The normalized spacial score (nSPS) is 16.4. The van der Waals surface area contributed by atoms with Crippen molar-refractivity contribution in [2.45, 2.75) is 50.5 Å². The number of rotatable bonds is 8. The highest BCUT2D eigenvalue weighted by Crippen LogP contribution is 2.32. The average Bonchev–Trinajstić information content (AvgIpc) is 3.25. The van der Waals surface area contributed by atoms with E-state index in [9.17, 15) is 13.2 Å². The van der Waals surface area contributed by atoms with Crippen LogP contribution in [0.3, 0.4) is 0 Å². The quantitative estimate of drug-likeness (QED) is 0.643. The van der Waals surface area contributed by atoms with Gasteiger partial charge in [-0.2, -0.15) is 0 Å². The minimum Gasteiger partial charge on any atom is -0.496 e. The average molecular weight is 447 g/mol. The Hall–Kier alpha value is -2.58. The van der Waals surface area contributed by atoms with Crippen LogP contribution in [0.1, 0.15) is 54.1 Å². The number of benzene rings is 2. The van der Waals surface area contributed by atoms with E-state index in [0.29, 0.717) is 24.5 Å². The molecule has 3 rings (SSSR count). The third kappa shape index (κ3) is 5.37. The molecule has 7 nitrogen and oxygen atoms in total. The summed E-state index contributed by atoms with van der Waals surface area (Å²) in [4.78, 5) is 12.9. The standard InChI is InChI=1S/C23H30N2O5S/c1-15(2)19-13-22(16(3)12-21(19)29-4)31(27,28)25-20-10-6-5-9-18(20)23(26)24-14-17-8-7-11-30-17/h5-6,9-10,12-13,15,17,25H,7-8,11,14H2,1-4H3,(H,24,26)/t17-/m1/s1. The molecule has 8 heteroatoms. The molecule has 0 radical (unpaired) electrons. The molecule has 1 heterocycles. The zero-order valence-electron chi connectivity index (χ0n) is 18.4. The van der Waals surface area contributed by atoms with Gasteiger partial charge in [0.25, 0.3) is 15.9 Å². The highest BCUT2D eigenvalue weighted by Gasteiger charge is 2.24. The van der Waals surface area contributed by atoms with Gasteiger partial charge in [-0.25, -0.2) is 8.42 Å². The Bertz CT molecular complexity index is 1040. The second-order valence-electron chi connectivity index (χ2n) is 8.01. The van der Waals surface area contributed by atoms with E-state index in [0.717, 1.165) is 18.4 Å². The van der Waals surface area contributed by atoms with E-state index < -0.39 is 10.0 Å². The van der Waals surface area contributed by atoms with Gasteiger partial charge in [0.2, 0.25) is 0 Å². The van der Waals surface area contributed by atoms with Gasteiger partial charge in [0.15, 0.2) is 0 Å². The number of hydrogen-bond donors (Lipinski definition) is 2. The van der Waals surface area contributed by atoms with Crippen LogP contribution in [0.25, 0.3) is 0 Å². The zero-order valence-corrected chi connectivity index (χ0v) is 19.2. The minimum atomic E-state index is -3.92. The van der Waals surface area contributed by atoms with Crippen LogP contribution in [0.5, 0.6) is 5.75 Å². The monoisotopic (exact) mass is 446 g/mol. The van der Waals surface area contributed by atoms with Crippen molar-refractivity contribution in [2.24, 2.45) is 0 Å². The fraction of sp³-hybridized carbons (Fsp3) is 0.435. The summed E-state index contributed by atoms with van der Waals surface area (Å²) in [5.74, 6) is 0.392. The Morgan fingerprint density at radius 3 is 2.65 bits per heavy atom. The summed E-state index contributed by atoms with van der Waals surface area (Å²) in [5, 5.41) is 2.84. The van der Waals surface area contributed by atoms with Gasteiger partial charge in [-0.15, -0.1) is 0 Å². The van der Waals surface area contributed by atoms with E-state index in [-0.39, 0.29) is 34.1 Å². The van der Waals surface area contributed by atoms with E-state index in [2.05, 4.69) is 10.0 Å². The lowest BCUT2D eigenvalue weighted by Gasteiger charge is -2.18. The molecule has 0 aliphatic carbocycles. The number of carbonyl (C=O) groups excluding carboxylic acids is 1. The van der Waals surface area contributed by atoms with Gasteiger partial charge >= 0.3 is 0 Å².